The minimum atomic E-state index is -1.15. The molecule has 0 spiro atoms. The van der Waals surface area contributed by atoms with Crippen LogP contribution in [0.25, 0.3) is 21.8 Å². The summed E-state index contributed by atoms with van der Waals surface area (Å²) in [4.78, 5) is 23.5. The van der Waals surface area contributed by atoms with Gasteiger partial charge in [0.25, 0.3) is 0 Å². The molecule has 0 saturated carbocycles. The lowest BCUT2D eigenvalue weighted by Gasteiger charge is -2.15. The Morgan fingerprint density at radius 2 is 1.63 bits per heavy atom. The van der Waals surface area contributed by atoms with Gasteiger partial charge in [-0.25, -0.2) is 0 Å². The van der Waals surface area contributed by atoms with Gasteiger partial charge < -0.3 is 19.0 Å². The average Bonchev–Trinajstić information content (AvgIpc) is 3.03. The first-order valence-corrected chi connectivity index (χ1v) is 9.26. The number of fused-ring (bicyclic) bond motifs is 2. The Kier molecular flexibility index (Phi) is 4.41. The Labute approximate surface area is 158 Å². The van der Waals surface area contributed by atoms with Gasteiger partial charge in [0.2, 0.25) is 0 Å². The molecule has 2 heterocycles. The number of carbonyl (C=O) groups excluding carboxylic acids is 1. The smallest absolute Gasteiger partial charge is 0.197 e. The predicted octanol–water partition coefficient (Wildman–Crippen LogP) is 1.17. The molecule has 2 aromatic heterocycles. The molecule has 0 aliphatic rings. The number of para-hydroxylation sites is 2. The number of aliphatic carboxylic acids is 1. The van der Waals surface area contributed by atoms with Gasteiger partial charge in [-0.3, -0.25) is 4.79 Å². The molecule has 0 unspecified atom stereocenters. The lowest BCUT2D eigenvalue weighted by molar-refractivity contribution is -0.301. The third-order valence-electron chi connectivity index (χ3n) is 4.42. The fraction of sp³-hybridized carbons (Fsp3) is 0.158. The number of hydrogen-bond donors (Lipinski definition) is 0. The molecule has 4 aromatic rings. The van der Waals surface area contributed by atoms with Crippen molar-refractivity contribution in [2.24, 2.45) is 7.05 Å². The summed E-state index contributed by atoms with van der Waals surface area (Å²) in [5, 5.41) is 20.8. The average molecular weight is 379 g/mol. The standard InChI is InChI=1S/C19H16N4O3S/c1-22-16(20-21-19(22)27-11-17(24)25)10-23-14-8-4-2-6-12(14)18(26)13-7-3-5-9-15(13)23/h2-9H,10-11H2,1H3,(H,24,25)/p-1. The zero-order valence-electron chi connectivity index (χ0n) is 14.5. The third-order valence-corrected chi connectivity index (χ3v) is 5.42. The highest BCUT2D eigenvalue weighted by Crippen LogP contribution is 2.21. The summed E-state index contributed by atoms with van der Waals surface area (Å²) >= 11 is 1.06. The van der Waals surface area contributed by atoms with E-state index in [9.17, 15) is 14.7 Å². The molecule has 0 saturated heterocycles. The van der Waals surface area contributed by atoms with Gasteiger partial charge in [0.15, 0.2) is 16.4 Å². The molecule has 2 aromatic carbocycles. The van der Waals surface area contributed by atoms with Crippen LogP contribution in [0.5, 0.6) is 0 Å². The van der Waals surface area contributed by atoms with E-state index in [0.717, 1.165) is 22.8 Å². The number of aromatic nitrogens is 4. The van der Waals surface area contributed by atoms with Crippen LogP contribution in [0.3, 0.4) is 0 Å². The molecule has 0 amide bonds. The van der Waals surface area contributed by atoms with Crippen LogP contribution in [-0.2, 0) is 18.4 Å². The van der Waals surface area contributed by atoms with Gasteiger partial charge in [-0.1, -0.05) is 36.0 Å². The van der Waals surface area contributed by atoms with Crippen LogP contribution in [0.15, 0.2) is 58.5 Å². The number of rotatable bonds is 5. The van der Waals surface area contributed by atoms with Crippen molar-refractivity contribution in [1.29, 1.82) is 0 Å². The molecule has 0 atom stereocenters. The number of carbonyl (C=O) groups is 1. The summed E-state index contributed by atoms with van der Waals surface area (Å²) in [5.74, 6) is -0.674. The summed E-state index contributed by atoms with van der Waals surface area (Å²) in [5.41, 5.74) is 1.63. The molecular weight excluding hydrogens is 364 g/mol. The Morgan fingerprint density at radius 3 is 2.22 bits per heavy atom. The second-order valence-corrected chi connectivity index (χ2v) is 7.01. The van der Waals surface area contributed by atoms with Gasteiger partial charge in [0, 0.05) is 23.6 Å². The van der Waals surface area contributed by atoms with Crippen molar-refractivity contribution < 1.29 is 9.90 Å². The maximum atomic E-state index is 12.8. The summed E-state index contributed by atoms with van der Waals surface area (Å²) in [6.45, 7) is 0.399. The molecule has 7 nitrogen and oxygen atoms in total. The number of pyridine rings is 1. The monoisotopic (exact) mass is 379 g/mol. The van der Waals surface area contributed by atoms with Gasteiger partial charge in [-0.2, -0.15) is 0 Å². The van der Waals surface area contributed by atoms with Crippen LogP contribution in [0.1, 0.15) is 5.82 Å². The molecule has 4 rings (SSSR count). The lowest BCUT2D eigenvalue weighted by Crippen LogP contribution is -2.24. The minimum Gasteiger partial charge on any atom is -0.549 e. The number of thioether (sulfide) groups is 1. The fourth-order valence-electron chi connectivity index (χ4n) is 3.12. The maximum Gasteiger partial charge on any atom is 0.197 e. The van der Waals surface area contributed by atoms with Gasteiger partial charge in [-0.15, -0.1) is 10.2 Å². The Hall–Kier alpha value is -3.13. The van der Waals surface area contributed by atoms with Crippen molar-refractivity contribution in [2.45, 2.75) is 11.7 Å². The lowest BCUT2D eigenvalue weighted by atomic mass is 10.1. The van der Waals surface area contributed by atoms with E-state index in [2.05, 4.69) is 10.2 Å². The largest absolute Gasteiger partial charge is 0.549 e. The number of hydrogen-bond acceptors (Lipinski definition) is 6. The molecule has 0 aliphatic heterocycles. The molecule has 0 bridgehead atoms. The third kappa shape index (κ3) is 3.08. The quantitative estimate of drug-likeness (QED) is 0.382. The van der Waals surface area contributed by atoms with E-state index in [1.165, 1.54) is 0 Å². The van der Waals surface area contributed by atoms with Crippen LogP contribution in [-0.4, -0.2) is 31.1 Å². The van der Waals surface area contributed by atoms with E-state index in [1.54, 1.807) is 11.6 Å². The maximum absolute atomic E-state index is 12.8. The molecule has 8 heteroatoms. The van der Waals surface area contributed by atoms with E-state index < -0.39 is 5.97 Å². The van der Waals surface area contributed by atoms with E-state index >= 15 is 0 Å². The topological polar surface area (TPSA) is 92.8 Å². The predicted molar refractivity (Wildman–Crippen MR) is 102 cm³/mol. The highest BCUT2D eigenvalue weighted by Gasteiger charge is 2.14. The van der Waals surface area contributed by atoms with Crippen LogP contribution in [0, 0.1) is 0 Å². The first kappa shape index (κ1) is 17.3. The highest BCUT2D eigenvalue weighted by molar-refractivity contribution is 7.99. The number of carboxylic acids is 1. The summed E-state index contributed by atoms with van der Waals surface area (Å²) < 4.78 is 3.79. The van der Waals surface area contributed by atoms with Crippen molar-refractivity contribution in [3.8, 4) is 0 Å². The van der Waals surface area contributed by atoms with Crippen LogP contribution in [0.4, 0.5) is 0 Å². The Bertz CT molecular complexity index is 1170. The zero-order valence-corrected chi connectivity index (χ0v) is 15.3. The number of carboxylic acid groups (broad SMARTS) is 1. The normalized spacial score (nSPS) is 11.3. The van der Waals surface area contributed by atoms with Crippen molar-refractivity contribution in [2.75, 3.05) is 5.75 Å². The molecule has 0 fully saturated rings. The van der Waals surface area contributed by atoms with Crippen molar-refractivity contribution in [3.63, 3.8) is 0 Å². The summed E-state index contributed by atoms with van der Waals surface area (Å²) in [6.07, 6.45) is 0. The van der Waals surface area contributed by atoms with Crippen molar-refractivity contribution >= 4 is 39.5 Å². The zero-order chi connectivity index (χ0) is 19.0. The van der Waals surface area contributed by atoms with Gasteiger partial charge in [-0.05, 0) is 24.3 Å². The molecule has 0 N–H and O–H groups in total. The first-order valence-electron chi connectivity index (χ1n) is 8.27. The van der Waals surface area contributed by atoms with Crippen LogP contribution >= 0.6 is 11.8 Å². The molecule has 0 aliphatic carbocycles. The molecule has 136 valence electrons. The SMILES string of the molecule is Cn1c(Cn2c3ccccc3c(=O)c3ccccc32)nnc1SCC(=O)[O-]. The van der Waals surface area contributed by atoms with Gasteiger partial charge in [0.05, 0.1) is 23.5 Å². The molecule has 0 radical (unpaired) electrons. The van der Waals surface area contributed by atoms with Crippen molar-refractivity contribution in [1.82, 2.24) is 19.3 Å². The van der Waals surface area contributed by atoms with Crippen LogP contribution < -0.4 is 10.5 Å². The van der Waals surface area contributed by atoms with E-state index in [-0.39, 0.29) is 11.2 Å². The molecule has 27 heavy (non-hydrogen) atoms. The summed E-state index contributed by atoms with van der Waals surface area (Å²) in [6, 6.07) is 14.9. The number of benzene rings is 2. The fourth-order valence-corrected chi connectivity index (χ4v) is 3.77. The van der Waals surface area contributed by atoms with Crippen molar-refractivity contribution in [3.05, 3.63) is 64.6 Å². The molecular formula is C19H15N4O3S-. The van der Waals surface area contributed by atoms with Gasteiger partial charge in [0.1, 0.15) is 0 Å². The minimum absolute atomic E-state index is 0.000572. The first-order chi connectivity index (χ1) is 13.1. The van der Waals surface area contributed by atoms with E-state index in [0.29, 0.717) is 28.3 Å². The Morgan fingerprint density at radius 1 is 1.04 bits per heavy atom. The second-order valence-electron chi connectivity index (χ2n) is 6.07. The highest BCUT2D eigenvalue weighted by atomic mass is 32.2. The number of nitrogens with zero attached hydrogens (tertiary/aromatic N) is 4. The van der Waals surface area contributed by atoms with E-state index in [4.69, 9.17) is 0 Å². The van der Waals surface area contributed by atoms with Gasteiger partial charge >= 0.3 is 0 Å². The van der Waals surface area contributed by atoms with E-state index in [1.807, 2.05) is 53.1 Å². The second kappa shape index (κ2) is 6.88. The van der Waals surface area contributed by atoms with Crippen LogP contribution in [0.2, 0.25) is 0 Å². The summed E-state index contributed by atoms with van der Waals surface area (Å²) in [7, 11) is 1.79. The Balaban J connectivity index is 1.86.